The summed E-state index contributed by atoms with van der Waals surface area (Å²) < 4.78 is 0. The molecule has 0 amide bonds. The summed E-state index contributed by atoms with van der Waals surface area (Å²) >= 11 is 0. The van der Waals surface area contributed by atoms with Gasteiger partial charge in [-0.25, -0.2) is 0 Å². The van der Waals surface area contributed by atoms with E-state index in [1.807, 2.05) is 0 Å². The average Bonchev–Trinajstić information content (AvgIpc) is 0. The molecule has 0 aromatic carbocycles. The molecule has 0 spiro atoms. The molecule has 7 heavy (non-hydrogen) atoms. The fourth-order valence-corrected chi connectivity index (χ4v) is 0. The predicted molar refractivity (Wildman–Crippen MR) is 0 cm³/mol. The van der Waals surface area contributed by atoms with E-state index in [4.69, 9.17) is 0 Å². The van der Waals surface area contributed by atoms with Crippen LogP contribution in [-0.2, 0) is 110 Å². The van der Waals surface area contributed by atoms with Crippen LogP contribution in [0.15, 0.2) is 0 Å². The second-order valence-corrected chi connectivity index (χ2v) is 0. The van der Waals surface area contributed by atoms with Gasteiger partial charge in [0.1, 0.15) is 0 Å². The van der Waals surface area contributed by atoms with Crippen LogP contribution in [0.25, 0.3) is 0 Å². The van der Waals surface area contributed by atoms with Gasteiger partial charge in [0.05, 0.1) is 0 Å². The first-order chi connectivity index (χ1) is 0. The quantitative estimate of drug-likeness (QED) is 0.329. The molecule has 0 atom stereocenters. The Bertz CT molecular complexity index is 19.7. The topological polar surface area (TPSA) is 0 Å². The third-order valence-electron chi connectivity index (χ3n) is 0. The predicted octanol–water partition coefficient (Wildman–Crippen LogP) is -0.0125. The average molecular weight is 636 g/mol. The van der Waals surface area contributed by atoms with Gasteiger partial charge in [-0.3, -0.25) is 0 Å². The zero-order valence-electron chi connectivity index (χ0n) is 3.15. The maximum Gasteiger partial charge on any atom is 0 e. The molecule has 0 heterocycles. The summed E-state index contributed by atoms with van der Waals surface area (Å²) in [4.78, 5) is 0. The van der Waals surface area contributed by atoms with Crippen LogP contribution in [0, 0.1) is 77.3 Å². The van der Waals surface area contributed by atoms with Crippen molar-refractivity contribution in [3.63, 3.8) is 0 Å². The number of hydrogen-bond donors (Lipinski definition) is 0. The van der Waals surface area contributed by atoms with Gasteiger partial charge in [-0.05, 0) is 0 Å². The standard InChI is InChI=1S/Ce.Cu.La.Mn.Ni.Y.Zr. The van der Waals surface area contributed by atoms with E-state index < -0.39 is 0 Å². The van der Waals surface area contributed by atoms with Gasteiger partial charge in [0.25, 0.3) is 0 Å². The fourth-order valence-electron chi connectivity index (χ4n) is 0. The zero-order valence-corrected chi connectivity index (χ0v) is 18.3. The van der Waals surface area contributed by atoms with Crippen molar-refractivity contribution in [2.24, 2.45) is 0 Å². The van der Waals surface area contributed by atoms with Gasteiger partial charge in [-0.1, -0.05) is 0 Å². The van der Waals surface area contributed by atoms with Crippen LogP contribution in [0.2, 0.25) is 0 Å². The summed E-state index contributed by atoms with van der Waals surface area (Å²) in [5, 5.41) is 0. The molecule has 7 heteroatoms. The van der Waals surface area contributed by atoms with E-state index in [9.17, 15) is 0 Å². The van der Waals surface area contributed by atoms with Gasteiger partial charge in [0, 0.05) is 187 Å². The van der Waals surface area contributed by atoms with E-state index >= 15 is 0 Å². The van der Waals surface area contributed by atoms with Crippen molar-refractivity contribution < 1.29 is 187 Å². The molecule has 0 saturated heterocycles. The molecular weight excluding hydrogens is 636 g/mol. The molecule has 0 fully saturated rings. The maximum atomic E-state index is 0. The van der Waals surface area contributed by atoms with Crippen molar-refractivity contribution in [2.45, 2.75) is 0 Å². The summed E-state index contributed by atoms with van der Waals surface area (Å²) in [7, 11) is 0. The molecule has 0 saturated carbocycles. The molecule has 0 aliphatic rings. The van der Waals surface area contributed by atoms with E-state index in [1.165, 1.54) is 0 Å². The molecule has 0 aliphatic heterocycles. The van der Waals surface area contributed by atoms with Crippen LogP contribution < -0.4 is 0 Å². The largest absolute Gasteiger partial charge is 0 e. The zero-order chi connectivity index (χ0) is 0. The summed E-state index contributed by atoms with van der Waals surface area (Å²) in [6, 6.07) is 0. The van der Waals surface area contributed by atoms with Crippen molar-refractivity contribution >= 4 is 0 Å². The Morgan fingerprint density at radius 3 is 1.00 bits per heavy atom. The normalized spacial score (nSPS) is 0. The number of hydrogen-bond acceptors (Lipinski definition) is 0. The second-order valence-electron chi connectivity index (χ2n) is 0. The summed E-state index contributed by atoms with van der Waals surface area (Å²) in [5.41, 5.74) is 0. The van der Waals surface area contributed by atoms with Crippen LogP contribution in [-0.4, -0.2) is 0 Å². The first-order valence-corrected chi connectivity index (χ1v) is 0. The Morgan fingerprint density at radius 1 is 1.00 bits per heavy atom. The van der Waals surface area contributed by atoms with Gasteiger partial charge in [-0.2, -0.15) is 0 Å². The molecule has 0 N–H and O–H groups in total. The Balaban J connectivity index is 0. The summed E-state index contributed by atoms with van der Waals surface area (Å²) in [6.07, 6.45) is 0. The van der Waals surface area contributed by atoms with E-state index in [0.717, 1.165) is 0 Å². The van der Waals surface area contributed by atoms with Crippen molar-refractivity contribution in [3.8, 4) is 0 Å². The second kappa shape index (κ2) is 40.1. The minimum atomic E-state index is 0. The minimum Gasteiger partial charge on any atom is 0 e. The Labute approximate surface area is 181 Å². The Kier molecular flexibility index (Phi) is 295. The summed E-state index contributed by atoms with van der Waals surface area (Å²) in [6.45, 7) is 0. The molecule has 42 valence electrons. The smallest absolute Gasteiger partial charge is 0 e. The van der Waals surface area contributed by atoms with E-state index in [2.05, 4.69) is 0 Å². The maximum absolute atomic E-state index is 0. The Morgan fingerprint density at radius 2 is 1.00 bits per heavy atom. The molecule has 0 nitrogen and oxygen atoms in total. The molecule has 0 bridgehead atoms. The third-order valence-corrected chi connectivity index (χ3v) is 0. The molecule has 0 aromatic heterocycles. The van der Waals surface area contributed by atoms with Gasteiger partial charge in [0.2, 0.25) is 0 Å². The SMILES string of the molecule is [Ce].[Cu].[La].[Mn].[Ni].[Y].[Zr]. The Hall–Kier alpha value is 6.09. The van der Waals surface area contributed by atoms with Crippen molar-refractivity contribution in [1.82, 2.24) is 0 Å². The van der Waals surface area contributed by atoms with Gasteiger partial charge in [0.15, 0.2) is 0 Å². The van der Waals surface area contributed by atoms with E-state index in [1.54, 1.807) is 0 Å². The van der Waals surface area contributed by atoms with Gasteiger partial charge < -0.3 is 0 Å². The van der Waals surface area contributed by atoms with Crippen molar-refractivity contribution in [2.75, 3.05) is 0 Å². The number of rotatable bonds is 0. The van der Waals surface area contributed by atoms with Crippen LogP contribution >= 0.6 is 0 Å². The molecule has 0 unspecified atom stereocenters. The molecule has 0 rings (SSSR count). The monoisotopic (exact) mass is 633 g/mol. The molecule has 4 radical (unpaired) electrons. The van der Waals surface area contributed by atoms with Crippen LogP contribution in [0.1, 0.15) is 0 Å². The molecule has 0 aliphatic carbocycles. The van der Waals surface area contributed by atoms with E-state index in [-0.39, 0.29) is 187 Å². The van der Waals surface area contributed by atoms with Crippen LogP contribution in [0.3, 0.4) is 0 Å². The van der Waals surface area contributed by atoms with Crippen LogP contribution in [0.4, 0.5) is 0 Å². The van der Waals surface area contributed by atoms with E-state index in [0.29, 0.717) is 0 Å². The van der Waals surface area contributed by atoms with Crippen molar-refractivity contribution in [3.05, 3.63) is 0 Å². The van der Waals surface area contributed by atoms with Gasteiger partial charge in [-0.15, -0.1) is 0 Å². The minimum absolute atomic E-state index is 0. The van der Waals surface area contributed by atoms with Crippen molar-refractivity contribution in [1.29, 1.82) is 0 Å². The first kappa shape index (κ1) is 51.6. The molecule has 0 aromatic rings. The fraction of sp³-hybridized carbons (Fsp3) is 0. The van der Waals surface area contributed by atoms with Gasteiger partial charge >= 0.3 is 0 Å². The third kappa shape index (κ3) is 33.2. The molecular formula is CeCuLaMnNiYZr. The first-order valence-electron chi connectivity index (χ1n) is 0. The summed E-state index contributed by atoms with van der Waals surface area (Å²) in [5.74, 6) is 0. The van der Waals surface area contributed by atoms with Crippen LogP contribution in [0.5, 0.6) is 0 Å².